The monoisotopic (exact) mass is 304 g/mol. The number of carbonyl (C=O) groups excluding carboxylic acids is 1. The van der Waals surface area contributed by atoms with Crippen molar-refractivity contribution >= 4 is 5.97 Å². The van der Waals surface area contributed by atoms with E-state index in [1.54, 1.807) is 0 Å². The summed E-state index contributed by atoms with van der Waals surface area (Å²) in [6, 6.07) is 0. The smallest absolute Gasteiger partial charge is 0.306 e. The maximum Gasteiger partial charge on any atom is 0.306 e. The summed E-state index contributed by atoms with van der Waals surface area (Å²) in [5.74, 6) is 1.91. The molecular formula is C19H28O3. The third kappa shape index (κ3) is 1.33. The number of ether oxygens (including phenoxy) is 2. The molecule has 0 radical (unpaired) electrons. The van der Waals surface area contributed by atoms with Gasteiger partial charge in [0.1, 0.15) is 5.60 Å². The molecule has 0 unspecified atom stereocenters. The van der Waals surface area contributed by atoms with Gasteiger partial charge in [-0.3, -0.25) is 4.79 Å². The number of esters is 1. The van der Waals surface area contributed by atoms with Crippen LogP contribution in [0.2, 0.25) is 0 Å². The lowest BCUT2D eigenvalue weighted by molar-refractivity contribution is -0.221. The van der Waals surface area contributed by atoms with Gasteiger partial charge in [0.05, 0.1) is 18.1 Å². The van der Waals surface area contributed by atoms with Crippen LogP contribution in [-0.2, 0) is 14.3 Å². The van der Waals surface area contributed by atoms with Gasteiger partial charge in [0, 0.05) is 11.3 Å². The molecule has 0 aromatic heterocycles. The summed E-state index contributed by atoms with van der Waals surface area (Å²) in [6.45, 7) is 8.99. The standard InChI is InChI=1S/C19H28O3/c1-16(2)12-7-8-19-9-11(18(4)15(19)22-18)5-6-13(19)17(12,3)10-14(20)21-16/h11-13,15H,5-10H2,1-4H3/t11-,12+,13-,15-,17+,18-,19-/m0/s1. The van der Waals surface area contributed by atoms with Gasteiger partial charge in [-0.1, -0.05) is 6.92 Å². The molecule has 1 spiro atoms. The normalized spacial score (nSPS) is 60.8. The maximum absolute atomic E-state index is 12.3. The SMILES string of the molecule is CC1(C)OC(=O)C[C@]2(C)[C@@H]1CC[C@]13C[C@H](CC[C@@H]21)[C@]1(C)O[C@H]31. The third-order valence-electron chi connectivity index (χ3n) is 8.52. The van der Waals surface area contributed by atoms with Gasteiger partial charge in [0.15, 0.2) is 0 Å². The largest absolute Gasteiger partial charge is 0.459 e. The molecule has 2 bridgehead atoms. The number of hydrogen-bond donors (Lipinski definition) is 0. The van der Waals surface area contributed by atoms with Crippen molar-refractivity contribution in [3.05, 3.63) is 0 Å². The summed E-state index contributed by atoms with van der Waals surface area (Å²) in [5, 5.41) is 0. The molecule has 3 heteroatoms. The fourth-order valence-electron chi connectivity index (χ4n) is 7.83. The molecule has 3 saturated carbocycles. The predicted molar refractivity (Wildman–Crippen MR) is 82.2 cm³/mol. The van der Waals surface area contributed by atoms with Crippen molar-refractivity contribution in [2.24, 2.45) is 28.6 Å². The van der Waals surface area contributed by atoms with Crippen molar-refractivity contribution in [1.82, 2.24) is 0 Å². The van der Waals surface area contributed by atoms with Crippen LogP contribution in [-0.4, -0.2) is 23.3 Å². The Morgan fingerprint density at radius 3 is 2.59 bits per heavy atom. The molecule has 2 aliphatic heterocycles. The van der Waals surface area contributed by atoms with E-state index in [2.05, 4.69) is 27.7 Å². The second-order valence-electron chi connectivity index (χ2n) is 9.80. The number of cyclic esters (lactones) is 1. The molecule has 0 N–H and O–H groups in total. The van der Waals surface area contributed by atoms with Crippen molar-refractivity contribution in [1.29, 1.82) is 0 Å². The van der Waals surface area contributed by atoms with E-state index >= 15 is 0 Å². The molecule has 5 rings (SSSR count). The number of hydrogen-bond acceptors (Lipinski definition) is 3. The van der Waals surface area contributed by atoms with Crippen LogP contribution >= 0.6 is 0 Å². The first-order valence-electron chi connectivity index (χ1n) is 9.12. The zero-order valence-corrected chi connectivity index (χ0v) is 14.3. The number of epoxide rings is 1. The minimum atomic E-state index is -0.311. The molecule has 3 nitrogen and oxygen atoms in total. The summed E-state index contributed by atoms with van der Waals surface area (Å²) in [5.41, 5.74) is 0.313. The number of carbonyl (C=O) groups is 1. The van der Waals surface area contributed by atoms with Crippen molar-refractivity contribution in [3.63, 3.8) is 0 Å². The van der Waals surface area contributed by atoms with Gasteiger partial charge in [0.25, 0.3) is 0 Å². The van der Waals surface area contributed by atoms with Gasteiger partial charge >= 0.3 is 5.97 Å². The van der Waals surface area contributed by atoms with Crippen molar-refractivity contribution in [3.8, 4) is 0 Å². The van der Waals surface area contributed by atoms with E-state index in [9.17, 15) is 4.79 Å². The first-order valence-corrected chi connectivity index (χ1v) is 9.12. The first-order chi connectivity index (χ1) is 10.2. The molecule has 0 amide bonds. The summed E-state index contributed by atoms with van der Waals surface area (Å²) >= 11 is 0. The Balaban J connectivity index is 1.60. The average molecular weight is 304 g/mol. The van der Waals surface area contributed by atoms with Crippen LogP contribution < -0.4 is 0 Å². The Morgan fingerprint density at radius 1 is 1.05 bits per heavy atom. The zero-order chi connectivity index (χ0) is 15.5. The highest BCUT2D eigenvalue weighted by molar-refractivity contribution is 5.72. The number of fused-ring (bicyclic) bond motifs is 5. The average Bonchev–Trinajstić information content (AvgIpc) is 3.06. The molecule has 2 saturated heterocycles. The fourth-order valence-corrected chi connectivity index (χ4v) is 7.83. The van der Waals surface area contributed by atoms with Gasteiger partial charge in [-0.25, -0.2) is 0 Å². The second kappa shape index (κ2) is 3.58. The highest BCUT2D eigenvalue weighted by atomic mass is 16.6. The van der Waals surface area contributed by atoms with E-state index in [0.717, 1.165) is 5.92 Å². The second-order valence-corrected chi connectivity index (χ2v) is 9.80. The van der Waals surface area contributed by atoms with Gasteiger partial charge in [0.2, 0.25) is 0 Å². The van der Waals surface area contributed by atoms with Crippen LogP contribution in [0.4, 0.5) is 0 Å². The lowest BCUT2D eigenvalue weighted by Crippen LogP contribution is -2.61. The van der Waals surface area contributed by atoms with E-state index < -0.39 is 0 Å². The zero-order valence-electron chi connectivity index (χ0n) is 14.3. The lowest BCUT2D eigenvalue weighted by Gasteiger charge is -2.62. The molecule has 5 fully saturated rings. The van der Waals surface area contributed by atoms with Crippen LogP contribution in [0.15, 0.2) is 0 Å². The lowest BCUT2D eigenvalue weighted by atomic mass is 9.44. The van der Waals surface area contributed by atoms with Gasteiger partial charge in [-0.05, 0) is 70.1 Å². The molecule has 2 heterocycles. The van der Waals surface area contributed by atoms with Crippen molar-refractivity contribution in [2.75, 3.05) is 0 Å². The molecule has 3 aliphatic carbocycles. The Morgan fingerprint density at radius 2 is 1.82 bits per heavy atom. The summed E-state index contributed by atoms with van der Waals surface area (Å²) in [6.07, 6.45) is 7.47. The van der Waals surface area contributed by atoms with Crippen LogP contribution in [0.3, 0.4) is 0 Å². The predicted octanol–water partition coefficient (Wildman–Crippen LogP) is 3.70. The van der Waals surface area contributed by atoms with E-state index in [-0.39, 0.29) is 22.6 Å². The molecule has 5 aliphatic rings. The van der Waals surface area contributed by atoms with Crippen LogP contribution in [0, 0.1) is 28.6 Å². The van der Waals surface area contributed by atoms with E-state index in [0.29, 0.717) is 29.8 Å². The molecular weight excluding hydrogens is 276 g/mol. The highest BCUT2D eigenvalue weighted by Crippen LogP contribution is 2.77. The van der Waals surface area contributed by atoms with Crippen LogP contribution in [0.25, 0.3) is 0 Å². The third-order valence-corrected chi connectivity index (χ3v) is 8.52. The summed E-state index contributed by atoms with van der Waals surface area (Å²) in [4.78, 5) is 12.3. The van der Waals surface area contributed by atoms with Gasteiger partial charge in [-0.15, -0.1) is 0 Å². The molecule has 122 valence electrons. The quantitative estimate of drug-likeness (QED) is 0.506. The van der Waals surface area contributed by atoms with E-state index in [1.165, 1.54) is 32.1 Å². The maximum atomic E-state index is 12.3. The highest BCUT2D eigenvalue weighted by Gasteiger charge is 2.79. The van der Waals surface area contributed by atoms with Crippen molar-refractivity contribution in [2.45, 2.75) is 83.5 Å². The summed E-state index contributed by atoms with van der Waals surface area (Å²) < 4.78 is 12.0. The molecule has 0 aromatic rings. The Hall–Kier alpha value is -0.570. The first kappa shape index (κ1) is 13.8. The molecule has 22 heavy (non-hydrogen) atoms. The van der Waals surface area contributed by atoms with E-state index in [4.69, 9.17) is 9.47 Å². The topological polar surface area (TPSA) is 38.8 Å². The van der Waals surface area contributed by atoms with Gasteiger partial charge in [-0.2, -0.15) is 0 Å². The minimum Gasteiger partial charge on any atom is -0.459 e. The Bertz CT molecular complexity index is 569. The fraction of sp³-hybridized carbons (Fsp3) is 0.947. The summed E-state index contributed by atoms with van der Waals surface area (Å²) in [7, 11) is 0. The van der Waals surface area contributed by atoms with E-state index in [1.807, 2.05) is 0 Å². The number of rotatable bonds is 0. The van der Waals surface area contributed by atoms with Gasteiger partial charge < -0.3 is 9.47 Å². The minimum absolute atomic E-state index is 0.0143. The molecule has 7 atom stereocenters. The van der Waals surface area contributed by atoms with Crippen LogP contribution in [0.1, 0.15) is 66.2 Å². The van der Waals surface area contributed by atoms with Crippen LogP contribution in [0.5, 0.6) is 0 Å². The van der Waals surface area contributed by atoms with Crippen molar-refractivity contribution < 1.29 is 14.3 Å². The Labute approximate surface area is 133 Å². The Kier molecular flexibility index (Phi) is 2.25. The molecule has 0 aromatic carbocycles.